The summed E-state index contributed by atoms with van der Waals surface area (Å²) < 4.78 is 1.94. The number of aromatic nitrogens is 2. The van der Waals surface area contributed by atoms with Crippen molar-refractivity contribution in [1.29, 1.82) is 0 Å². The van der Waals surface area contributed by atoms with Crippen LogP contribution in [0.25, 0.3) is 27.8 Å². The van der Waals surface area contributed by atoms with Crippen LogP contribution in [0.15, 0.2) is 79.0 Å². The first-order valence-electron chi connectivity index (χ1n) is 10.9. The van der Waals surface area contributed by atoms with Crippen molar-refractivity contribution >= 4 is 10.9 Å². The first-order chi connectivity index (χ1) is 16.0. The van der Waals surface area contributed by atoms with Gasteiger partial charge in [-0.15, -0.1) is 0 Å². The van der Waals surface area contributed by atoms with Crippen LogP contribution in [0, 0.1) is 0 Å². The number of hydrogen-bond acceptors (Lipinski definition) is 5. The second-order valence-electron chi connectivity index (χ2n) is 8.50. The van der Waals surface area contributed by atoms with Crippen LogP contribution in [-0.4, -0.2) is 38.5 Å². The largest absolute Gasteiger partial charge is 0.508 e. The van der Waals surface area contributed by atoms with Gasteiger partial charge in [0.25, 0.3) is 0 Å². The molecular formula is C27H23N3O3. The van der Waals surface area contributed by atoms with Crippen LogP contribution >= 0.6 is 0 Å². The zero-order valence-corrected chi connectivity index (χ0v) is 18.0. The molecule has 6 heteroatoms. The van der Waals surface area contributed by atoms with E-state index in [4.69, 9.17) is 4.98 Å². The molecule has 0 amide bonds. The van der Waals surface area contributed by atoms with Crippen LogP contribution in [0.5, 0.6) is 5.75 Å². The molecule has 6 rings (SSSR count). The van der Waals surface area contributed by atoms with Crippen molar-refractivity contribution in [3.8, 4) is 22.7 Å². The molecule has 3 aliphatic rings. The molecule has 6 nitrogen and oxygen atoms in total. The number of pyridine rings is 1. The quantitative estimate of drug-likeness (QED) is 0.344. The van der Waals surface area contributed by atoms with E-state index < -0.39 is 11.7 Å². The standard InChI is InChI=1S/C27H23N3O3/c1-28-15-24(32)16-10-11-23(31)20(14-16)27(33)19-7-3-5-9-22(19)30-13-12-18-17-6-2-4-8-21(17)29-25(18)26(27)30/h2-14,24,28,31-33H,15H2,1H3/t24-,27+/m1/s1. The highest BCUT2D eigenvalue weighted by molar-refractivity contribution is 5.98. The normalized spacial score (nSPS) is 17.9. The Hall–Kier alpha value is -3.71. The van der Waals surface area contributed by atoms with Crippen LogP contribution in [0.3, 0.4) is 0 Å². The molecule has 164 valence electrons. The highest BCUT2D eigenvalue weighted by Gasteiger charge is 2.48. The molecule has 0 saturated carbocycles. The van der Waals surface area contributed by atoms with Crippen molar-refractivity contribution in [3.05, 3.63) is 101 Å². The van der Waals surface area contributed by atoms with Gasteiger partial charge in [-0.3, -0.25) is 0 Å². The van der Waals surface area contributed by atoms with E-state index >= 15 is 0 Å². The second-order valence-corrected chi connectivity index (χ2v) is 8.50. The number of phenols is 1. The Morgan fingerprint density at radius 3 is 2.64 bits per heavy atom. The average Bonchev–Trinajstić information content (AvgIpc) is 3.33. The van der Waals surface area contributed by atoms with Gasteiger partial charge >= 0.3 is 0 Å². The summed E-state index contributed by atoms with van der Waals surface area (Å²) in [5.74, 6) is -0.0470. The molecule has 0 aliphatic carbocycles. The fraction of sp³-hybridized carbons (Fsp3) is 0.148. The summed E-state index contributed by atoms with van der Waals surface area (Å²) in [7, 11) is 1.76. The summed E-state index contributed by atoms with van der Waals surface area (Å²) in [6.45, 7) is 0.352. The van der Waals surface area contributed by atoms with E-state index in [0.717, 1.165) is 22.2 Å². The van der Waals surface area contributed by atoms with E-state index in [0.29, 0.717) is 34.6 Å². The van der Waals surface area contributed by atoms with Crippen LogP contribution in [0.2, 0.25) is 0 Å². The minimum atomic E-state index is -1.66. The molecule has 0 unspecified atom stereocenters. The minimum Gasteiger partial charge on any atom is -0.508 e. The SMILES string of the molecule is CNC[C@@H](O)c1ccc(O)c([C@@]2(O)c3ccccc3-n3ccc4c5ccccc5nc-4c32)c1. The third kappa shape index (κ3) is 2.69. The van der Waals surface area contributed by atoms with Gasteiger partial charge < -0.3 is 25.2 Å². The van der Waals surface area contributed by atoms with E-state index in [-0.39, 0.29) is 5.75 Å². The van der Waals surface area contributed by atoms with Gasteiger partial charge in [0.2, 0.25) is 0 Å². The van der Waals surface area contributed by atoms with Crippen molar-refractivity contribution in [2.75, 3.05) is 13.6 Å². The maximum absolute atomic E-state index is 12.5. The van der Waals surface area contributed by atoms with Gasteiger partial charge in [-0.25, -0.2) is 4.98 Å². The summed E-state index contributed by atoms with van der Waals surface area (Å²) >= 11 is 0. The zero-order valence-electron chi connectivity index (χ0n) is 18.0. The highest BCUT2D eigenvalue weighted by Crippen LogP contribution is 2.52. The Bertz CT molecular complexity index is 1490. The number of fused-ring (bicyclic) bond motifs is 7. The van der Waals surface area contributed by atoms with Gasteiger partial charge in [0, 0.05) is 34.8 Å². The fourth-order valence-electron chi connectivity index (χ4n) is 5.09. The first-order valence-corrected chi connectivity index (χ1v) is 10.9. The monoisotopic (exact) mass is 437 g/mol. The lowest BCUT2D eigenvalue weighted by molar-refractivity contribution is 0.123. The number of para-hydroxylation sites is 2. The lowest BCUT2D eigenvalue weighted by Gasteiger charge is -2.28. The molecule has 0 bridgehead atoms. The molecule has 0 fully saturated rings. The predicted molar refractivity (Wildman–Crippen MR) is 127 cm³/mol. The number of rotatable bonds is 4. The second kappa shape index (κ2) is 7.15. The predicted octanol–water partition coefficient (Wildman–Crippen LogP) is 3.69. The Kier molecular flexibility index (Phi) is 4.32. The number of benzene rings is 3. The maximum Gasteiger partial charge on any atom is 0.163 e. The third-order valence-electron chi connectivity index (χ3n) is 6.63. The molecular weight excluding hydrogens is 414 g/mol. The van der Waals surface area contributed by atoms with Gasteiger partial charge in [-0.05, 0) is 42.9 Å². The molecule has 0 radical (unpaired) electrons. The Morgan fingerprint density at radius 2 is 1.79 bits per heavy atom. The molecule has 3 aromatic carbocycles. The molecule has 3 aromatic rings. The van der Waals surface area contributed by atoms with Gasteiger partial charge in [0.15, 0.2) is 5.60 Å². The zero-order chi connectivity index (χ0) is 22.7. The lowest BCUT2D eigenvalue weighted by atomic mass is 9.82. The fourth-order valence-corrected chi connectivity index (χ4v) is 5.09. The molecule has 33 heavy (non-hydrogen) atoms. The van der Waals surface area contributed by atoms with Gasteiger partial charge in [0.1, 0.15) is 5.75 Å². The smallest absolute Gasteiger partial charge is 0.163 e. The third-order valence-corrected chi connectivity index (χ3v) is 6.63. The van der Waals surface area contributed by atoms with E-state index in [1.54, 1.807) is 19.2 Å². The summed E-state index contributed by atoms with van der Waals surface area (Å²) in [4.78, 5) is 4.89. The molecule has 0 saturated heterocycles. The molecule has 0 spiro atoms. The van der Waals surface area contributed by atoms with E-state index in [1.165, 1.54) is 6.07 Å². The molecule has 2 atom stereocenters. The van der Waals surface area contributed by atoms with Crippen LogP contribution in [0.1, 0.15) is 28.5 Å². The van der Waals surface area contributed by atoms with Crippen molar-refractivity contribution in [3.63, 3.8) is 0 Å². The summed E-state index contributed by atoms with van der Waals surface area (Å²) in [6.07, 6.45) is 1.16. The number of aromatic hydroxyl groups is 1. The van der Waals surface area contributed by atoms with Gasteiger partial charge in [-0.2, -0.15) is 0 Å². The maximum atomic E-state index is 12.5. The van der Waals surface area contributed by atoms with E-state index in [1.807, 2.05) is 65.4 Å². The summed E-state index contributed by atoms with van der Waals surface area (Å²) in [6, 6.07) is 22.4. The van der Waals surface area contributed by atoms with Crippen LogP contribution < -0.4 is 5.32 Å². The number of aliphatic hydroxyl groups excluding tert-OH is 1. The van der Waals surface area contributed by atoms with Crippen molar-refractivity contribution < 1.29 is 15.3 Å². The van der Waals surface area contributed by atoms with E-state index in [9.17, 15) is 15.3 Å². The Morgan fingerprint density at radius 1 is 1.00 bits per heavy atom. The topological polar surface area (TPSA) is 90.5 Å². The number of hydrogen-bond donors (Lipinski definition) is 4. The molecule has 0 aromatic heterocycles. The van der Waals surface area contributed by atoms with Gasteiger partial charge in [-0.1, -0.05) is 42.5 Å². The Labute approximate surface area is 190 Å². The number of aliphatic hydroxyl groups is 2. The summed E-state index contributed by atoms with van der Waals surface area (Å²) in [5.41, 5.74) is 3.78. The molecule has 4 N–H and O–H groups in total. The highest BCUT2D eigenvalue weighted by atomic mass is 16.3. The number of nitrogens with one attached hydrogen (secondary N) is 1. The number of phenolic OH excluding ortho intramolecular Hbond substituents is 1. The number of likely N-dealkylation sites (N-methyl/N-ethyl adjacent to an activating group) is 1. The van der Waals surface area contributed by atoms with Gasteiger partial charge in [0.05, 0.1) is 28.7 Å². The lowest BCUT2D eigenvalue weighted by Crippen LogP contribution is -2.29. The first kappa shape index (κ1) is 19.9. The van der Waals surface area contributed by atoms with Crippen LogP contribution in [-0.2, 0) is 5.60 Å². The number of nitrogens with zero attached hydrogens (tertiary/aromatic N) is 2. The van der Waals surface area contributed by atoms with E-state index in [2.05, 4.69) is 5.32 Å². The summed E-state index contributed by atoms with van der Waals surface area (Å²) in [5, 5.41) is 38.0. The minimum absolute atomic E-state index is 0.0470. The molecule has 3 aliphatic heterocycles. The van der Waals surface area contributed by atoms with Crippen molar-refractivity contribution in [2.24, 2.45) is 0 Å². The Balaban J connectivity index is 1.69. The molecule has 3 heterocycles. The van der Waals surface area contributed by atoms with Crippen LogP contribution in [0.4, 0.5) is 0 Å². The average molecular weight is 437 g/mol. The van der Waals surface area contributed by atoms with Crippen molar-refractivity contribution in [2.45, 2.75) is 11.7 Å². The van der Waals surface area contributed by atoms with Crippen molar-refractivity contribution in [1.82, 2.24) is 14.9 Å².